The number of anilines is 1. The van der Waals surface area contributed by atoms with E-state index in [0.717, 1.165) is 27.6 Å². The van der Waals surface area contributed by atoms with Gasteiger partial charge in [-0.25, -0.2) is 0 Å². The molecule has 1 heterocycles. The monoisotopic (exact) mass is 345 g/mol. The van der Waals surface area contributed by atoms with E-state index in [1.54, 1.807) is 0 Å². The molecule has 1 fully saturated rings. The van der Waals surface area contributed by atoms with Crippen molar-refractivity contribution in [3.05, 3.63) is 28.2 Å². The molecule has 0 spiro atoms. The second kappa shape index (κ2) is 4.88. The summed E-state index contributed by atoms with van der Waals surface area (Å²) >= 11 is 6.91. The summed E-state index contributed by atoms with van der Waals surface area (Å²) < 4.78 is 1.08. The van der Waals surface area contributed by atoms with E-state index < -0.39 is 0 Å². The summed E-state index contributed by atoms with van der Waals surface area (Å²) in [4.78, 5) is 13.7. The van der Waals surface area contributed by atoms with Gasteiger partial charge in [0.25, 0.3) is 0 Å². The molecule has 1 saturated heterocycles. The number of rotatable bonds is 2. The molecule has 0 aromatic heterocycles. The van der Waals surface area contributed by atoms with Gasteiger partial charge in [-0.15, -0.1) is 0 Å². The van der Waals surface area contributed by atoms with E-state index in [4.69, 9.17) is 0 Å². The molecule has 1 atom stereocenters. The maximum atomic E-state index is 11.8. The van der Waals surface area contributed by atoms with Gasteiger partial charge in [0.1, 0.15) is 0 Å². The Hall–Kier alpha value is -0.350. The summed E-state index contributed by atoms with van der Waals surface area (Å²) in [6.45, 7) is 2.86. The van der Waals surface area contributed by atoms with Crippen LogP contribution in [0.25, 0.3) is 0 Å². The highest BCUT2D eigenvalue weighted by atomic mass is 79.9. The number of carbonyl (C=O) groups is 1. The Bertz CT molecular complexity index is 419. The van der Waals surface area contributed by atoms with Gasteiger partial charge in [-0.2, -0.15) is 0 Å². The zero-order valence-electron chi connectivity index (χ0n) is 9.04. The average Bonchev–Trinajstić information content (AvgIpc) is 2.64. The Morgan fingerprint density at radius 1 is 1.50 bits per heavy atom. The highest BCUT2D eigenvalue weighted by Gasteiger charge is 2.29. The Balaban J connectivity index is 2.24. The first-order chi connectivity index (χ1) is 7.61. The van der Waals surface area contributed by atoms with Gasteiger partial charge in [-0.1, -0.05) is 31.9 Å². The number of carbonyl (C=O) groups excluding carboxylic acids is 1. The van der Waals surface area contributed by atoms with E-state index in [9.17, 15) is 4.79 Å². The maximum Gasteiger partial charge on any atom is 0.227 e. The lowest BCUT2D eigenvalue weighted by molar-refractivity contribution is -0.117. The number of halogens is 2. The largest absolute Gasteiger partial charge is 0.312 e. The SMILES string of the molecule is Cc1cc(N2CC(CBr)CC2=O)ccc1Br. The third kappa shape index (κ3) is 2.33. The topological polar surface area (TPSA) is 20.3 Å². The van der Waals surface area contributed by atoms with Crippen molar-refractivity contribution >= 4 is 43.5 Å². The molecule has 1 aliphatic heterocycles. The summed E-state index contributed by atoms with van der Waals surface area (Å²) in [6.07, 6.45) is 0.653. The van der Waals surface area contributed by atoms with E-state index >= 15 is 0 Å². The van der Waals surface area contributed by atoms with Gasteiger partial charge < -0.3 is 4.90 Å². The number of aryl methyl sites for hydroxylation is 1. The molecular weight excluding hydrogens is 334 g/mol. The minimum Gasteiger partial charge on any atom is -0.312 e. The van der Waals surface area contributed by atoms with Crippen LogP contribution in [-0.4, -0.2) is 17.8 Å². The number of benzene rings is 1. The van der Waals surface area contributed by atoms with Crippen molar-refractivity contribution < 1.29 is 4.79 Å². The van der Waals surface area contributed by atoms with Crippen LogP contribution in [0.5, 0.6) is 0 Å². The number of nitrogens with zero attached hydrogens (tertiary/aromatic N) is 1. The Morgan fingerprint density at radius 3 is 2.81 bits per heavy atom. The number of hydrogen-bond donors (Lipinski definition) is 0. The molecule has 16 heavy (non-hydrogen) atoms. The lowest BCUT2D eigenvalue weighted by atomic mass is 10.2. The fraction of sp³-hybridized carbons (Fsp3) is 0.417. The molecule has 0 aliphatic carbocycles. The van der Waals surface area contributed by atoms with Gasteiger partial charge >= 0.3 is 0 Å². The molecule has 1 amide bonds. The van der Waals surface area contributed by atoms with E-state index in [-0.39, 0.29) is 5.91 Å². The second-order valence-corrected chi connectivity index (χ2v) is 5.66. The molecule has 1 aliphatic rings. The quantitative estimate of drug-likeness (QED) is 0.750. The van der Waals surface area contributed by atoms with Crippen LogP contribution < -0.4 is 4.90 Å². The number of alkyl halides is 1. The van der Waals surface area contributed by atoms with Crippen LogP contribution in [0, 0.1) is 12.8 Å². The zero-order valence-corrected chi connectivity index (χ0v) is 12.2. The normalized spacial score (nSPS) is 20.6. The van der Waals surface area contributed by atoms with Gasteiger partial charge in [-0.05, 0) is 36.6 Å². The van der Waals surface area contributed by atoms with Gasteiger partial charge in [-0.3, -0.25) is 4.79 Å². The van der Waals surface area contributed by atoms with E-state index in [2.05, 4.69) is 37.9 Å². The van der Waals surface area contributed by atoms with Gasteiger partial charge in [0.15, 0.2) is 0 Å². The van der Waals surface area contributed by atoms with Crippen LogP contribution in [0.4, 0.5) is 5.69 Å². The van der Waals surface area contributed by atoms with Crippen LogP contribution >= 0.6 is 31.9 Å². The molecule has 0 radical (unpaired) electrons. The summed E-state index contributed by atoms with van der Waals surface area (Å²) in [5, 5.41) is 0.894. The molecule has 2 nitrogen and oxygen atoms in total. The van der Waals surface area contributed by atoms with E-state index in [1.807, 2.05) is 24.0 Å². The third-order valence-electron chi connectivity index (χ3n) is 2.88. The summed E-state index contributed by atoms with van der Waals surface area (Å²) in [5.74, 6) is 0.669. The lowest BCUT2D eigenvalue weighted by Crippen LogP contribution is -2.24. The van der Waals surface area contributed by atoms with E-state index in [1.165, 1.54) is 0 Å². The van der Waals surface area contributed by atoms with Crippen molar-refractivity contribution in [1.82, 2.24) is 0 Å². The Kier molecular flexibility index (Phi) is 3.70. The molecule has 0 bridgehead atoms. The smallest absolute Gasteiger partial charge is 0.227 e. The van der Waals surface area contributed by atoms with Gasteiger partial charge in [0.05, 0.1) is 0 Å². The van der Waals surface area contributed by atoms with Crippen LogP contribution in [0.3, 0.4) is 0 Å². The Morgan fingerprint density at radius 2 is 2.25 bits per heavy atom. The molecule has 4 heteroatoms. The van der Waals surface area contributed by atoms with Crippen LogP contribution in [0.15, 0.2) is 22.7 Å². The minimum atomic E-state index is 0.228. The standard InChI is InChI=1S/C12H13Br2NO/c1-8-4-10(2-3-11(8)14)15-7-9(6-13)5-12(15)16/h2-4,9H,5-7H2,1H3. The average molecular weight is 347 g/mol. The molecule has 0 N–H and O–H groups in total. The van der Waals surface area contributed by atoms with Crippen LogP contribution in [-0.2, 0) is 4.79 Å². The van der Waals surface area contributed by atoms with Crippen molar-refractivity contribution in [2.45, 2.75) is 13.3 Å². The summed E-state index contributed by atoms with van der Waals surface area (Å²) in [7, 11) is 0. The maximum absolute atomic E-state index is 11.8. The number of amides is 1. The molecule has 1 aromatic rings. The fourth-order valence-electron chi connectivity index (χ4n) is 1.93. The molecule has 86 valence electrons. The first kappa shape index (κ1) is 12.1. The zero-order chi connectivity index (χ0) is 11.7. The highest BCUT2D eigenvalue weighted by Crippen LogP contribution is 2.28. The van der Waals surface area contributed by atoms with Crippen molar-refractivity contribution in [1.29, 1.82) is 0 Å². The predicted octanol–water partition coefficient (Wildman–Crippen LogP) is 3.51. The molecule has 0 saturated carbocycles. The molecule has 1 aromatic carbocycles. The van der Waals surface area contributed by atoms with Crippen LogP contribution in [0.1, 0.15) is 12.0 Å². The summed E-state index contributed by atoms with van der Waals surface area (Å²) in [5.41, 5.74) is 2.17. The fourth-order valence-corrected chi connectivity index (χ4v) is 2.61. The summed E-state index contributed by atoms with van der Waals surface area (Å²) in [6, 6.07) is 6.05. The lowest BCUT2D eigenvalue weighted by Gasteiger charge is -2.17. The molecule has 2 rings (SSSR count). The van der Waals surface area contributed by atoms with E-state index in [0.29, 0.717) is 12.3 Å². The minimum absolute atomic E-state index is 0.228. The second-order valence-electron chi connectivity index (χ2n) is 4.16. The van der Waals surface area contributed by atoms with Crippen LogP contribution in [0.2, 0.25) is 0 Å². The van der Waals surface area contributed by atoms with Gasteiger partial charge in [0, 0.05) is 28.5 Å². The van der Waals surface area contributed by atoms with Crippen molar-refractivity contribution in [2.24, 2.45) is 5.92 Å². The predicted molar refractivity (Wildman–Crippen MR) is 73.1 cm³/mol. The van der Waals surface area contributed by atoms with Gasteiger partial charge in [0.2, 0.25) is 5.91 Å². The Labute approximate surface area is 112 Å². The molecular formula is C12H13Br2NO. The first-order valence-corrected chi connectivity index (χ1v) is 7.15. The molecule has 1 unspecified atom stereocenters. The van der Waals surface area contributed by atoms with Crippen molar-refractivity contribution in [3.63, 3.8) is 0 Å². The van der Waals surface area contributed by atoms with Crippen molar-refractivity contribution in [2.75, 3.05) is 16.8 Å². The highest BCUT2D eigenvalue weighted by molar-refractivity contribution is 9.10. The third-order valence-corrected chi connectivity index (χ3v) is 4.68. The number of hydrogen-bond acceptors (Lipinski definition) is 1. The first-order valence-electron chi connectivity index (χ1n) is 5.24. The van der Waals surface area contributed by atoms with Crippen molar-refractivity contribution in [3.8, 4) is 0 Å².